The van der Waals surface area contributed by atoms with Crippen molar-refractivity contribution >= 4 is 23.8 Å². The zero-order valence-corrected chi connectivity index (χ0v) is 25.1. The Labute approximate surface area is 258 Å². The molecule has 1 heterocycles. The number of carbonyl (C=O) groups excluding carboxylic acids is 3. The highest BCUT2D eigenvalue weighted by Gasteiger charge is 2.33. The largest absolute Gasteiger partial charge is 0.462 e. The molecule has 0 aromatic heterocycles. The van der Waals surface area contributed by atoms with Gasteiger partial charge in [0.15, 0.2) is 0 Å². The van der Waals surface area contributed by atoms with Crippen molar-refractivity contribution in [2.45, 2.75) is 57.3 Å². The summed E-state index contributed by atoms with van der Waals surface area (Å²) in [5.41, 5.74) is 9.74. The highest BCUT2D eigenvalue weighted by molar-refractivity contribution is 5.96. The number of nitrogens with one attached hydrogen (secondary N) is 1. The van der Waals surface area contributed by atoms with Gasteiger partial charge >= 0.3 is 12.1 Å². The van der Waals surface area contributed by atoms with Crippen LogP contribution in [0.1, 0.15) is 60.0 Å². The Kier molecular flexibility index (Phi) is 9.94. The van der Waals surface area contributed by atoms with Gasteiger partial charge in [-0.25, -0.2) is 4.79 Å². The molecule has 2 aliphatic rings. The van der Waals surface area contributed by atoms with E-state index >= 15 is 0 Å². The summed E-state index contributed by atoms with van der Waals surface area (Å²) in [6.45, 7) is 1.24. The summed E-state index contributed by atoms with van der Waals surface area (Å²) < 4.78 is 11.3. The molecule has 1 aliphatic heterocycles. The standard InChI is InChI=1S/C35H40N4O5/c1-38(33(40)28-13-9-26(10-14-28)25-7-11-27(12-8-25)32(36)37)30-17-15-29(16-18-30)34(41)44-31-19-21-39(22-20-31)35(42)43-23-24-5-3-2-4-6-24/h2-14,29-31H,15-23H2,1H3,(H3,36,37)/t29-,30-. The Morgan fingerprint density at radius 2 is 1.39 bits per heavy atom. The summed E-state index contributed by atoms with van der Waals surface area (Å²) in [5.74, 6) is -0.349. The Hall–Kier alpha value is -4.66. The maximum Gasteiger partial charge on any atom is 0.410 e. The zero-order valence-electron chi connectivity index (χ0n) is 25.1. The molecule has 0 radical (unpaired) electrons. The predicted molar refractivity (Wildman–Crippen MR) is 168 cm³/mol. The first-order valence-corrected chi connectivity index (χ1v) is 15.3. The molecule has 1 saturated carbocycles. The van der Waals surface area contributed by atoms with Crippen LogP contribution in [-0.2, 0) is 20.9 Å². The maximum atomic E-state index is 13.2. The molecular formula is C35H40N4O5. The molecule has 2 amide bonds. The summed E-state index contributed by atoms with van der Waals surface area (Å²) in [5, 5.41) is 7.54. The third-order valence-corrected chi connectivity index (χ3v) is 8.75. The second-order valence-electron chi connectivity index (χ2n) is 11.7. The number of hydrogen-bond acceptors (Lipinski definition) is 6. The Bertz CT molecular complexity index is 1440. The number of likely N-dealkylation sites (tertiary alicyclic amines) is 1. The van der Waals surface area contributed by atoms with Crippen LogP contribution in [0.3, 0.4) is 0 Å². The van der Waals surface area contributed by atoms with Crippen LogP contribution in [0, 0.1) is 11.3 Å². The van der Waals surface area contributed by atoms with Crippen molar-refractivity contribution in [3.63, 3.8) is 0 Å². The second-order valence-corrected chi connectivity index (χ2v) is 11.7. The summed E-state index contributed by atoms with van der Waals surface area (Å²) >= 11 is 0. The summed E-state index contributed by atoms with van der Waals surface area (Å²) in [7, 11) is 1.83. The molecule has 9 heteroatoms. The molecule has 0 unspecified atom stereocenters. The van der Waals surface area contributed by atoms with Crippen molar-refractivity contribution in [3.8, 4) is 11.1 Å². The molecule has 44 heavy (non-hydrogen) atoms. The van der Waals surface area contributed by atoms with Crippen molar-refractivity contribution in [1.29, 1.82) is 5.41 Å². The van der Waals surface area contributed by atoms with E-state index in [0.29, 0.717) is 49.9 Å². The zero-order chi connectivity index (χ0) is 31.1. The van der Waals surface area contributed by atoms with E-state index in [1.165, 1.54) is 0 Å². The van der Waals surface area contributed by atoms with E-state index in [4.69, 9.17) is 20.6 Å². The number of nitrogen functional groups attached to an aromatic ring is 1. The third-order valence-electron chi connectivity index (χ3n) is 8.75. The number of piperidine rings is 1. The summed E-state index contributed by atoms with van der Waals surface area (Å²) in [6.07, 6.45) is 3.51. The quantitative estimate of drug-likeness (QED) is 0.198. The van der Waals surface area contributed by atoms with E-state index in [-0.39, 0.29) is 48.5 Å². The number of carbonyl (C=O) groups is 3. The minimum Gasteiger partial charge on any atom is -0.462 e. The van der Waals surface area contributed by atoms with Crippen LogP contribution in [0.2, 0.25) is 0 Å². The number of amidine groups is 1. The number of ether oxygens (including phenoxy) is 2. The minimum atomic E-state index is -0.341. The average molecular weight is 597 g/mol. The maximum absolute atomic E-state index is 13.2. The van der Waals surface area contributed by atoms with Gasteiger partial charge in [-0.2, -0.15) is 0 Å². The first kappa shape index (κ1) is 30.8. The first-order chi connectivity index (χ1) is 21.3. The number of benzene rings is 3. The van der Waals surface area contributed by atoms with E-state index in [1.807, 2.05) is 85.9 Å². The predicted octanol–water partition coefficient (Wildman–Crippen LogP) is 5.61. The highest BCUT2D eigenvalue weighted by atomic mass is 16.6. The number of amides is 2. The first-order valence-electron chi connectivity index (χ1n) is 15.3. The van der Waals surface area contributed by atoms with Gasteiger partial charge in [-0.15, -0.1) is 0 Å². The van der Waals surface area contributed by atoms with Crippen molar-refractivity contribution < 1.29 is 23.9 Å². The van der Waals surface area contributed by atoms with Gasteiger partial charge in [0.1, 0.15) is 18.5 Å². The van der Waals surface area contributed by atoms with E-state index in [1.54, 1.807) is 9.80 Å². The van der Waals surface area contributed by atoms with Crippen LogP contribution >= 0.6 is 0 Å². The van der Waals surface area contributed by atoms with Crippen molar-refractivity contribution in [2.24, 2.45) is 11.7 Å². The van der Waals surface area contributed by atoms with Crippen molar-refractivity contribution in [1.82, 2.24) is 9.80 Å². The number of nitrogens with zero attached hydrogens (tertiary/aromatic N) is 2. The van der Waals surface area contributed by atoms with Gasteiger partial charge in [0, 0.05) is 50.1 Å². The van der Waals surface area contributed by atoms with Gasteiger partial charge < -0.3 is 25.0 Å². The Balaban J connectivity index is 1.03. The van der Waals surface area contributed by atoms with Gasteiger partial charge in [0.2, 0.25) is 0 Å². The molecular weight excluding hydrogens is 556 g/mol. The topological polar surface area (TPSA) is 126 Å². The SMILES string of the molecule is CN(C(=O)c1ccc(-c2ccc(C(=N)N)cc2)cc1)[C@H]1CC[C@H](C(=O)OC2CCN(C(=O)OCc3ccccc3)CC2)CC1. The molecule has 3 N–H and O–H groups in total. The fourth-order valence-corrected chi connectivity index (χ4v) is 5.94. The normalized spacial score (nSPS) is 18.7. The van der Waals surface area contributed by atoms with Gasteiger partial charge in [-0.1, -0.05) is 66.7 Å². The van der Waals surface area contributed by atoms with Crippen molar-refractivity contribution in [3.05, 3.63) is 95.6 Å². The monoisotopic (exact) mass is 596 g/mol. The fourth-order valence-electron chi connectivity index (χ4n) is 5.94. The van der Waals surface area contributed by atoms with Gasteiger partial charge in [0.05, 0.1) is 5.92 Å². The number of esters is 1. The molecule has 3 aromatic rings. The van der Waals surface area contributed by atoms with E-state index in [9.17, 15) is 14.4 Å². The fraction of sp³-hybridized carbons (Fsp3) is 0.371. The average Bonchev–Trinajstić information content (AvgIpc) is 3.07. The molecule has 1 saturated heterocycles. The second kappa shape index (κ2) is 14.2. The number of nitrogens with two attached hydrogens (primary N) is 1. The summed E-state index contributed by atoms with van der Waals surface area (Å²) in [6, 6.07) is 24.6. The van der Waals surface area contributed by atoms with Crippen LogP contribution in [0.15, 0.2) is 78.9 Å². The van der Waals surface area contributed by atoms with Crippen LogP contribution < -0.4 is 5.73 Å². The number of rotatable bonds is 8. The lowest BCUT2D eigenvalue weighted by molar-refractivity contribution is -0.157. The van der Waals surface area contributed by atoms with Gasteiger partial charge in [0.25, 0.3) is 5.91 Å². The molecule has 3 aromatic carbocycles. The Morgan fingerprint density at radius 1 is 0.818 bits per heavy atom. The highest BCUT2D eigenvalue weighted by Crippen LogP contribution is 2.30. The third kappa shape index (κ3) is 7.64. The van der Waals surface area contributed by atoms with Gasteiger partial charge in [-0.05, 0) is 54.5 Å². The Morgan fingerprint density at radius 3 is 1.95 bits per heavy atom. The van der Waals surface area contributed by atoms with Gasteiger partial charge in [-0.3, -0.25) is 15.0 Å². The number of hydrogen-bond donors (Lipinski definition) is 2. The van der Waals surface area contributed by atoms with E-state index < -0.39 is 0 Å². The lowest BCUT2D eigenvalue weighted by Gasteiger charge is -2.35. The minimum absolute atomic E-state index is 0.0302. The van der Waals surface area contributed by atoms with Crippen LogP contribution in [0.5, 0.6) is 0 Å². The molecule has 2 fully saturated rings. The molecule has 1 aliphatic carbocycles. The smallest absolute Gasteiger partial charge is 0.410 e. The molecule has 0 bridgehead atoms. The van der Waals surface area contributed by atoms with Crippen LogP contribution in [-0.4, -0.2) is 65.9 Å². The lowest BCUT2D eigenvalue weighted by atomic mass is 9.85. The van der Waals surface area contributed by atoms with E-state index in [0.717, 1.165) is 29.5 Å². The molecule has 9 nitrogen and oxygen atoms in total. The van der Waals surface area contributed by atoms with E-state index in [2.05, 4.69) is 0 Å². The van der Waals surface area contributed by atoms with Crippen molar-refractivity contribution in [2.75, 3.05) is 20.1 Å². The van der Waals surface area contributed by atoms with Crippen LogP contribution in [0.25, 0.3) is 11.1 Å². The molecule has 0 spiro atoms. The summed E-state index contributed by atoms with van der Waals surface area (Å²) in [4.78, 5) is 42.1. The molecule has 5 rings (SSSR count). The lowest BCUT2D eigenvalue weighted by Crippen LogP contribution is -2.43. The van der Waals surface area contributed by atoms with Crippen LogP contribution in [0.4, 0.5) is 4.79 Å². The molecule has 230 valence electrons. The molecule has 0 atom stereocenters.